The van der Waals surface area contributed by atoms with Gasteiger partial charge in [-0.05, 0) is 30.7 Å². The number of amides is 2. The Morgan fingerprint density at radius 1 is 1.33 bits per heavy atom. The summed E-state index contributed by atoms with van der Waals surface area (Å²) < 4.78 is 68.3. The van der Waals surface area contributed by atoms with Crippen molar-refractivity contribution in [1.29, 1.82) is 0 Å². The summed E-state index contributed by atoms with van der Waals surface area (Å²) in [5, 5.41) is 21.4. The highest BCUT2D eigenvalue weighted by molar-refractivity contribution is 6.02. The molecule has 0 saturated heterocycles. The number of pyridine rings is 2. The fourth-order valence-corrected chi connectivity index (χ4v) is 4.43. The first-order valence-corrected chi connectivity index (χ1v) is 10.9. The molecule has 2 amide bonds. The van der Waals surface area contributed by atoms with Crippen LogP contribution in [0.15, 0.2) is 30.7 Å². The molecule has 2 aliphatic rings. The van der Waals surface area contributed by atoms with Gasteiger partial charge in [-0.1, -0.05) is 0 Å². The number of anilines is 3. The van der Waals surface area contributed by atoms with Crippen LogP contribution in [0, 0.1) is 11.3 Å². The summed E-state index contributed by atoms with van der Waals surface area (Å²) in [6.45, 7) is -2.82. The second-order valence-electron chi connectivity index (χ2n) is 8.90. The van der Waals surface area contributed by atoms with Crippen LogP contribution in [0.1, 0.15) is 45.4 Å². The third kappa shape index (κ3) is 4.08. The largest absolute Gasteiger partial charge is 0.494 e. The lowest BCUT2D eigenvalue weighted by Crippen LogP contribution is -2.21. The average Bonchev–Trinajstić information content (AvgIpc) is 3.74. The summed E-state index contributed by atoms with van der Waals surface area (Å²) in [6, 6.07) is 2.32. The van der Waals surface area contributed by atoms with Gasteiger partial charge in [-0.2, -0.15) is 18.3 Å². The van der Waals surface area contributed by atoms with E-state index in [4.69, 9.17) is 8.85 Å². The third-order valence-electron chi connectivity index (χ3n) is 6.66. The van der Waals surface area contributed by atoms with E-state index in [0.29, 0.717) is 0 Å². The Morgan fingerprint density at radius 3 is 2.75 bits per heavy atom. The fraction of sp³-hybridized carbons (Fsp3) is 0.391. The molecule has 1 spiro atoms. The zero-order chi connectivity index (χ0) is 28.3. The van der Waals surface area contributed by atoms with Crippen LogP contribution in [0.4, 0.5) is 30.4 Å². The van der Waals surface area contributed by atoms with Crippen molar-refractivity contribution in [3.8, 4) is 5.75 Å². The number of alkyl halides is 3. The maximum Gasteiger partial charge on any atom is 0.418 e. The molecule has 2 aliphatic carbocycles. The first-order chi connectivity index (χ1) is 18.2. The summed E-state index contributed by atoms with van der Waals surface area (Å²) in [5.74, 6) is -1.63. The second-order valence-corrected chi connectivity index (χ2v) is 8.90. The smallest absolute Gasteiger partial charge is 0.418 e. The minimum Gasteiger partial charge on any atom is -0.494 e. The molecule has 0 aromatic carbocycles. The lowest BCUT2D eigenvalue weighted by molar-refractivity contribution is -0.207. The van der Waals surface area contributed by atoms with E-state index in [1.54, 1.807) is 0 Å². The van der Waals surface area contributed by atoms with Crippen LogP contribution in [0.2, 0.25) is 0 Å². The molecule has 2 saturated carbocycles. The van der Waals surface area contributed by atoms with Gasteiger partial charge in [0.15, 0.2) is 11.9 Å². The number of methoxy groups -OCH3 is 1. The molecule has 0 aliphatic heterocycles. The van der Waals surface area contributed by atoms with Gasteiger partial charge in [-0.25, -0.2) is 9.50 Å². The predicted octanol–water partition coefficient (Wildman–Crippen LogP) is 3.18. The number of hydrogen-bond donors (Lipinski definition) is 4. The molecule has 5 rings (SSSR count). The zero-order valence-electron chi connectivity index (χ0n) is 21.8. The minimum atomic E-state index is -4.97. The molecule has 13 heteroatoms. The minimum absolute atomic E-state index is 0.00321. The SMILES string of the molecule is [2H]C([2H])([2H])NC(=O)c1cnc(NC(=O)[C@H]2CC23CC3)cc1Nc1cnn2ccc([C@H](O)C(F)(F)F)c(OC)c12. The van der Waals surface area contributed by atoms with Gasteiger partial charge in [0.05, 0.1) is 30.2 Å². The lowest BCUT2D eigenvalue weighted by Gasteiger charge is -2.19. The zero-order valence-corrected chi connectivity index (χ0v) is 18.8. The van der Waals surface area contributed by atoms with Crippen LogP contribution >= 0.6 is 0 Å². The first-order valence-electron chi connectivity index (χ1n) is 12.4. The highest BCUT2D eigenvalue weighted by Gasteiger charge is 2.65. The summed E-state index contributed by atoms with van der Waals surface area (Å²) in [5.41, 5.74) is -0.666. The number of aliphatic hydroxyl groups is 1. The molecule has 2 atom stereocenters. The van der Waals surface area contributed by atoms with Gasteiger partial charge in [0.25, 0.3) is 5.91 Å². The molecule has 4 N–H and O–H groups in total. The number of carbonyl (C=O) groups excluding carboxylic acids is 2. The Kier molecular flexibility index (Phi) is 4.72. The molecule has 190 valence electrons. The normalized spacial score (nSPS) is 20.1. The molecule has 3 heterocycles. The van der Waals surface area contributed by atoms with E-state index in [0.717, 1.165) is 38.6 Å². The summed E-state index contributed by atoms with van der Waals surface area (Å²) >= 11 is 0. The van der Waals surface area contributed by atoms with Crippen molar-refractivity contribution in [2.24, 2.45) is 11.3 Å². The van der Waals surface area contributed by atoms with Gasteiger partial charge >= 0.3 is 6.18 Å². The van der Waals surface area contributed by atoms with E-state index in [9.17, 15) is 27.9 Å². The number of rotatable bonds is 7. The topological polar surface area (TPSA) is 130 Å². The van der Waals surface area contributed by atoms with Crippen molar-refractivity contribution in [3.05, 3.63) is 41.9 Å². The van der Waals surface area contributed by atoms with E-state index in [-0.39, 0.29) is 51.3 Å². The number of nitrogens with one attached hydrogen (secondary N) is 3. The Balaban J connectivity index is 1.53. The van der Waals surface area contributed by atoms with Crippen molar-refractivity contribution >= 4 is 34.5 Å². The van der Waals surface area contributed by atoms with Crippen molar-refractivity contribution in [1.82, 2.24) is 19.9 Å². The second kappa shape index (κ2) is 8.36. The summed E-state index contributed by atoms with van der Waals surface area (Å²) in [7, 11) is 1.12. The Morgan fingerprint density at radius 2 is 2.11 bits per heavy atom. The number of halogens is 3. The van der Waals surface area contributed by atoms with Crippen LogP contribution in [0.3, 0.4) is 0 Å². The van der Waals surface area contributed by atoms with Crippen LogP contribution in [0.5, 0.6) is 5.75 Å². The number of ether oxygens (including phenoxy) is 1. The molecule has 0 unspecified atom stereocenters. The van der Waals surface area contributed by atoms with Gasteiger partial charge in [0, 0.05) is 41.0 Å². The molecule has 0 bridgehead atoms. The van der Waals surface area contributed by atoms with Crippen molar-refractivity contribution < 1.29 is 36.7 Å². The average molecular weight is 507 g/mol. The van der Waals surface area contributed by atoms with E-state index >= 15 is 0 Å². The number of aromatic nitrogens is 3. The fourth-order valence-electron chi connectivity index (χ4n) is 4.43. The summed E-state index contributed by atoms with van der Waals surface area (Å²) in [4.78, 5) is 29.5. The Labute approximate surface area is 207 Å². The highest BCUT2D eigenvalue weighted by Crippen LogP contribution is 2.70. The standard InChI is InChI=1S/C23H23F3N6O4/c1-27-20(34)12-9-28-16(31-21(35)13-8-22(13)4-5-22)7-14(12)30-15-10-29-32-6-3-11(18(36-2)17(15)32)19(33)23(24,25)26/h3,6-7,9-10,13,19,33H,4-5,8H2,1-2H3,(H,27,34)(H2,28,30,31,35)/t13-,19+/m1/s1/i1D3. The number of carbonyl (C=O) groups is 2. The molecule has 10 nitrogen and oxygen atoms in total. The van der Waals surface area contributed by atoms with E-state index in [1.807, 2.05) is 5.32 Å². The number of nitrogens with zero attached hydrogens (tertiary/aromatic N) is 3. The van der Waals surface area contributed by atoms with Crippen LogP contribution in [-0.2, 0) is 4.79 Å². The molecule has 3 aromatic rings. The third-order valence-corrected chi connectivity index (χ3v) is 6.66. The maximum atomic E-state index is 13.3. The predicted molar refractivity (Wildman–Crippen MR) is 122 cm³/mol. The molecular weight excluding hydrogens is 481 g/mol. The van der Waals surface area contributed by atoms with E-state index in [2.05, 4.69) is 20.7 Å². The van der Waals surface area contributed by atoms with Crippen molar-refractivity contribution in [2.45, 2.75) is 31.5 Å². The maximum absolute atomic E-state index is 13.3. The van der Waals surface area contributed by atoms with E-state index in [1.165, 1.54) is 23.0 Å². The number of fused-ring (bicyclic) bond motifs is 1. The first kappa shape index (κ1) is 20.3. The number of hydrogen-bond acceptors (Lipinski definition) is 7. The van der Waals surface area contributed by atoms with Gasteiger partial charge in [-0.15, -0.1) is 0 Å². The molecule has 36 heavy (non-hydrogen) atoms. The Bertz CT molecular complexity index is 1470. The Hall–Kier alpha value is -3.87. The van der Waals surface area contributed by atoms with Gasteiger partial charge in [0.2, 0.25) is 5.91 Å². The monoisotopic (exact) mass is 507 g/mol. The van der Waals surface area contributed by atoms with Gasteiger partial charge in [0.1, 0.15) is 11.3 Å². The van der Waals surface area contributed by atoms with Crippen molar-refractivity contribution in [2.75, 3.05) is 24.7 Å². The number of aliphatic hydroxyl groups excluding tert-OH is 1. The van der Waals surface area contributed by atoms with Crippen LogP contribution in [0.25, 0.3) is 5.52 Å². The van der Waals surface area contributed by atoms with Gasteiger partial charge < -0.3 is 25.8 Å². The summed E-state index contributed by atoms with van der Waals surface area (Å²) in [6.07, 6.45) is -1.55. The van der Waals surface area contributed by atoms with Gasteiger partial charge in [-0.3, -0.25) is 9.59 Å². The molecule has 0 radical (unpaired) electrons. The quantitative estimate of drug-likeness (QED) is 0.387. The van der Waals surface area contributed by atoms with Crippen LogP contribution in [-0.4, -0.2) is 51.8 Å². The van der Waals surface area contributed by atoms with Crippen LogP contribution < -0.4 is 20.7 Å². The molecule has 2 fully saturated rings. The van der Waals surface area contributed by atoms with Crippen molar-refractivity contribution in [3.63, 3.8) is 0 Å². The lowest BCUT2D eigenvalue weighted by atomic mass is 10.1. The molecular formula is C23H23F3N6O4. The van der Waals surface area contributed by atoms with E-state index < -0.39 is 30.7 Å². The highest BCUT2D eigenvalue weighted by atomic mass is 19.4. The molecule has 3 aromatic heterocycles.